The molecular weight excluding hydrogens is 176 g/mol. The molecule has 1 aromatic rings. The summed E-state index contributed by atoms with van der Waals surface area (Å²) in [4.78, 5) is 0. The molecule has 1 radical (unpaired) electrons. The van der Waals surface area contributed by atoms with Gasteiger partial charge in [-0.05, 0) is 43.2 Å². The minimum absolute atomic E-state index is 1.10. The van der Waals surface area contributed by atoms with Gasteiger partial charge < -0.3 is 0 Å². The normalized spacial score (nSPS) is 9.67. The molecule has 0 spiro atoms. The molecule has 0 nitrogen and oxygen atoms in total. The van der Waals surface area contributed by atoms with Crippen molar-refractivity contribution in [3.8, 4) is 0 Å². The first kappa shape index (κ1) is 6.81. The summed E-state index contributed by atoms with van der Waals surface area (Å²) in [5, 5.41) is 0. The zero-order valence-electron chi connectivity index (χ0n) is 5.53. The van der Waals surface area contributed by atoms with Crippen molar-refractivity contribution in [3.63, 3.8) is 0 Å². The molecule has 1 heteroatoms. The fourth-order valence-electron chi connectivity index (χ4n) is 0.648. The van der Waals surface area contributed by atoms with Crippen LogP contribution in [0.15, 0.2) is 16.6 Å². The molecule has 47 valence electrons. The summed E-state index contributed by atoms with van der Waals surface area (Å²) >= 11 is 3.36. The molecule has 0 saturated heterocycles. The number of rotatable bonds is 0. The van der Waals surface area contributed by atoms with E-state index >= 15 is 0 Å². The average molecular weight is 184 g/mol. The maximum Gasteiger partial charge on any atom is 0.0184 e. The largest absolute Gasteiger partial charge is 0.0508 e. The van der Waals surface area contributed by atoms with Crippen LogP contribution < -0.4 is 0 Å². The van der Waals surface area contributed by atoms with E-state index in [0.29, 0.717) is 0 Å². The Morgan fingerprint density at radius 1 is 1.44 bits per heavy atom. The van der Waals surface area contributed by atoms with Gasteiger partial charge >= 0.3 is 0 Å². The van der Waals surface area contributed by atoms with Gasteiger partial charge in [0.2, 0.25) is 0 Å². The monoisotopic (exact) mass is 183 g/mol. The SMILES string of the molecule is Cc1[c]cc(Br)cc1C. The van der Waals surface area contributed by atoms with Gasteiger partial charge in [-0.1, -0.05) is 15.9 Å². The van der Waals surface area contributed by atoms with Gasteiger partial charge in [0, 0.05) is 4.47 Å². The molecule has 0 N–H and O–H groups in total. The quantitative estimate of drug-likeness (QED) is 0.581. The van der Waals surface area contributed by atoms with Gasteiger partial charge in [0.15, 0.2) is 0 Å². The first-order valence-corrected chi connectivity index (χ1v) is 3.64. The van der Waals surface area contributed by atoms with Crippen LogP contribution in [0.1, 0.15) is 11.1 Å². The van der Waals surface area contributed by atoms with Crippen LogP contribution in [0.5, 0.6) is 0 Å². The van der Waals surface area contributed by atoms with Gasteiger partial charge in [-0.25, -0.2) is 0 Å². The number of benzene rings is 1. The summed E-state index contributed by atoms with van der Waals surface area (Å²) < 4.78 is 1.10. The highest BCUT2D eigenvalue weighted by molar-refractivity contribution is 9.10. The Kier molecular flexibility index (Phi) is 1.91. The second-order valence-electron chi connectivity index (χ2n) is 2.13. The number of hydrogen-bond donors (Lipinski definition) is 0. The Labute approximate surface area is 64.0 Å². The Hall–Kier alpha value is -0.300. The Balaban J connectivity index is 3.17. The van der Waals surface area contributed by atoms with Crippen molar-refractivity contribution >= 4 is 15.9 Å². The van der Waals surface area contributed by atoms with Crippen molar-refractivity contribution in [3.05, 3.63) is 33.8 Å². The molecule has 0 amide bonds. The van der Waals surface area contributed by atoms with Gasteiger partial charge in [0.1, 0.15) is 0 Å². The smallest absolute Gasteiger partial charge is 0.0184 e. The lowest BCUT2D eigenvalue weighted by Gasteiger charge is -1.96. The third-order valence-corrected chi connectivity index (χ3v) is 1.83. The highest BCUT2D eigenvalue weighted by Gasteiger charge is 1.90. The lowest BCUT2D eigenvalue weighted by Crippen LogP contribution is -1.78. The van der Waals surface area contributed by atoms with Crippen LogP contribution in [0, 0.1) is 19.9 Å². The minimum Gasteiger partial charge on any atom is -0.0508 e. The Bertz CT molecular complexity index is 216. The van der Waals surface area contributed by atoms with E-state index < -0.39 is 0 Å². The standard InChI is InChI=1S/C8H8Br/c1-6-3-4-8(9)5-7(6)2/h4-5H,1-2H3. The first-order valence-electron chi connectivity index (χ1n) is 2.84. The summed E-state index contributed by atoms with van der Waals surface area (Å²) in [5.41, 5.74) is 2.50. The number of hydrogen-bond acceptors (Lipinski definition) is 0. The van der Waals surface area contributed by atoms with E-state index in [1.54, 1.807) is 0 Å². The van der Waals surface area contributed by atoms with E-state index in [1.165, 1.54) is 11.1 Å². The maximum atomic E-state index is 3.36. The minimum atomic E-state index is 1.10. The average Bonchev–Trinajstić information content (AvgIpc) is 1.80. The van der Waals surface area contributed by atoms with Crippen LogP contribution in [-0.4, -0.2) is 0 Å². The molecule has 0 atom stereocenters. The molecule has 0 aliphatic carbocycles. The second-order valence-corrected chi connectivity index (χ2v) is 3.04. The zero-order chi connectivity index (χ0) is 6.85. The van der Waals surface area contributed by atoms with E-state index in [9.17, 15) is 0 Å². The summed E-state index contributed by atoms with van der Waals surface area (Å²) in [7, 11) is 0. The van der Waals surface area contributed by atoms with Crippen LogP contribution in [0.3, 0.4) is 0 Å². The molecule has 9 heavy (non-hydrogen) atoms. The molecule has 0 fully saturated rings. The topological polar surface area (TPSA) is 0 Å². The summed E-state index contributed by atoms with van der Waals surface area (Å²) in [6, 6.07) is 7.14. The van der Waals surface area contributed by atoms with Crippen molar-refractivity contribution in [1.82, 2.24) is 0 Å². The predicted molar refractivity (Wildman–Crippen MR) is 42.5 cm³/mol. The fourth-order valence-corrected chi connectivity index (χ4v) is 1.11. The van der Waals surface area contributed by atoms with Crippen molar-refractivity contribution in [2.75, 3.05) is 0 Å². The van der Waals surface area contributed by atoms with Crippen LogP contribution in [0.4, 0.5) is 0 Å². The Morgan fingerprint density at radius 2 is 2.11 bits per heavy atom. The molecule has 0 aliphatic rings. The van der Waals surface area contributed by atoms with Crippen molar-refractivity contribution in [1.29, 1.82) is 0 Å². The summed E-state index contributed by atoms with van der Waals surface area (Å²) in [6.45, 7) is 4.14. The number of halogens is 1. The molecular formula is C8H8Br. The third kappa shape index (κ3) is 1.55. The molecule has 0 bridgehead atoms. The van der Waals surface area contributed by atoms with Gasteiger partial charge in [-0.3, -0.25) is 0 Å². The molecule has 1 aromatic carbocycles. The van der Waals surface area contributed by atoms with Crippen LogP contribution >= 0.6 is 15.9 Å². The molecule has 0 saturated carbocycles. The van der Waals surface area contributed by atoms with Crippen LogP contribution in [0.2, 0.25) is 0 Å². The van der Waals surface area contributed by atoms with E-state index in [4.69, 9.17) is 0 Å². The predicted octanol–water partition coefficient (Wildman–Crippen LogP) is 2.87. The highest BCUT2D eigenvalue weighted by atomic mass is 79.9. The van der Waals surface area contributed by atoms with Crippen molar-refractivity contribution in [2.45, 2.75) is 13.8 Å². The van der Waals surface area contributed by atoms with Crippen molar-refractivity contribution in [2.24, 2.45) is 0 Å². The molecule has 0 heterocycles. The van der Waals surface area contributed by atoms with Crippen molar-refractivity contribution < 1.29 is 0 Å². The first-order chi connectivity index (χ1) is 4.20. The molecule has 0 unspecified atom stereocenters. The lowest BCUT2D eigenvalue weighted by atomic mass is 10.1. The van der Waals surface area contributed by atoms with E-state index in [2.05, 4.69) is 41.9 Å². The van der Waals surface area contributed by atoms with E-state index in [-0.39, 0.29) is 0 Å². The Morgan fingerprint density at radius 3 is 2.56 bits per heavy atom. The van der Waals surface area contributed by atoms with Crippen LogP contribution in [0.25, 0.3) is 0 Å². The highest BCUT2D eigenvalue weighted by Crippen LogP contribution is 2.13. The molecule has 1 rings (SSSR count). The number of aryl methyl sites for hydroxylation is 2. The maximum absolute atomic E-state index is 3.36. The fraction of sp³-hybridized carbons (Fsp3) is 0.250. The van der Waals surface area contributed by atoms with Gasteiger partial charge in [-0.2, -0.15) is 0 Å². The second kappa shape index (κ2) is 2.53. The lowest BCUT2D eigenvalue weighted by molar-refractivity contribution is 1.32. The van der Waals surface area contributed by atoms with E-state index in [1.807, 2.05) is 6.07 Å². The van der Waals surface area contributed by atoms with E-state index in [0.717, 1.165) is 4.47 Å². The summed E-state index contributed by atoms with van der Waals surface area (Å²) in [6.07, 6.45) is 0. The van der Waals surface area contributed by atoms with Gasteiger partial charge in [0.05, 0.1) is 0 Å². The van der Waals surface area contributed by atoms with Crippen LogP contribution in [-0.2, 0) is 0 Å². The molecule has 0 aliphatic heterocycles. The summed E-state index contributed by atoms with van der Waals surface area (Å²) in [5.74, 6) is 0. The van der Waals surface area contributed by atoms with Gasteiger partial charge in [-0.15, -0.1) is 0 Å². The molecule has 0 aromatic heterocycles. The van der Waals surface area contributed by atoms with Gasteiger partial charge in [0.25, 0.3) is 0 Å². The zero-order valence-corrected chi connectivity index (χ0v) is 7.12. The third-order valence-electron chi connectivity index (χ3n) is 1.37.